The molecule has 1 saturated carbocycles. The van der Waals surface area contributed by atoms with E-state index in [4.69, 9.17) is 9.84 Å². The van der Waals surface area contributed by atoms with Crippen molar-refractivity contribution in [1.82, 2.24) is 20.9 Å². The van der Waals surface area contributed by atoms with Gasteiger partial charge >= 0.3 is 12.1 Å². The quantitative estimate of drug-likeness (QED) is 0.212. The first-order valence-corrected chi connectivity index (χ1v) is 16.8. The predicted octanol–water partition coefficient (Wildman–Crippen LogP) is 4.53. The van der Waals surface area contributed by atoms with Crippen molar-refractivity contribution in [2.45, 2.75) is 104 Å². The number of amides is 4. The molecule has 0 radical (unpaired) electrons. The van der Waals surface area contributed by atoms with Gasteiger partial charge in [0, 0.05) is 19.5 Å². The fourth-order valence-electron chi connectivity index (χ4n) is 6.42. The fraction of sp³-hybridized carbons (Fsp3) is 0.676. The molecule has 1 aliphatic heterocycles. The van der Waals surface area contributed by atoms with Crippen molar-refractivity contribution in [2.75, 3.05) is 19.7 Å². The van der Waals surface area contributed by atoms with Gasteiger partial charge in [0.15, 0.2) is 0 Å². The minimum Gasteiger partial charge on any atom is -0.478 e. The molecule has 1 saturated heterocycles. The highest BCUT2D eigenvalue weighted by Gasteiger charge is 2.45. The number of halogens is 3. The van der Waals surface area contributed by atoms with Crippen LogP contribution in [-0.4, -0.2) is 84.0 Å². The average Bonchev–Trinajstić information content (AvgIpc) is 3.48. The molecule has 1 aromatic carbocycles. The van der Waals surface area contributed by atoms with Crippen molar-refractivity contribution in [2.24, 2.45) is 23.7 Å². The van der Waals surface area contributed by atoms with Gasteiger partial charge in [0.2, 0.25) is 24.1 Å². The standard InChI is InChI=1S/C34H49F3N4O7/c1-19(2)18-48-34(47)40-29(20(3)4)32(44)41-17-24(21-8-6-5-7-9-21)15-27(41)31(43)39-26(16-28(36)37)30(42)38-13-12-22-10-11-23(33(45)46)14-25(22)35/h10-11,14,19-21,24,26-29H,5-9,12-13,15-18H2,1-4H3,(H,38,42)(H,39,43)(H,40,47)(H,45,46)/t24-,26+,27+,29+/m1/s1. The molecule has 1 heterocycles. The summed E-state index contributed by atoms with van der Waals surface area (Å²) >= 11 is 0. The number of alkyl halides is 2. The molecule has 0 spiro atoms. The summed E-state index contributed by atoms with van der Waals surface area (Å²) in [6.45, 7) is 7.51. The summed E-state index contributed by atoms with van der Waals surface area (Å²) in [7, 11) is 0. The van der Waals surface area contributed by atoms with E-state index in [9.17, 15) is 37.1 Å². The second-order valence-corrected chi connectivity index (χ2v) is 13.6. The van der Waals surface area contributed by atoms with Gasteiger partial charge in [0.25, 0.3) is 0 Å². The number of nitrogens with one attached hydrogen (secondary N) is 3. The molecule has 3 rings (SSSR count). The lowest BCUT2D eigenvalue weighted by molar-refractivity contribution is -0.141. The highest BCUT2D eigenvalue weighted by molar-refractivity contribution is 5.94. The maximum Gasteiger partial charge on any atom is 0.407 e. The Kier molecular flexibility index (Phi) is 14.5. The molecule has 11 nitrogen and oxygen atoms in total. The van der Waals surface area contributed by atoms with E-state index in [2.05, 4.69) is 16.0 Å². The molecule has 268 valence electrons. The Morgan fingerprint density at radius 1 is 1.00 bits per heavy atom. The van der Waals surface area contributed by atoms with Crippen LogP contribution in [0.5, 0.6) is 0 Å². The minimum absolute atomic E-state index is 0.0181. The zero-order valence-electron chi connectivity index (χ0n) is 28.1. The molecular weight excluding hydrogens is 633 g/mol. The summed E-state index contributed by atoms with van der Waals surface area (Å²) in [5.41, 5.74) is -0.128. The van der Waals surface area contributed by atoms with Gasteiger partial charge in [-0.25, -0.2) is 22.8 Å². The molecule has 4 atom stereocenters. The zero-order chi connectivity index (χ0) is 35.5. The third-order valence-electron chi connectivity index (χ3n) is 9.03. The van der Waals surface area contributed by atoms with E-state index in [-0.39, 0.29) is 60.9 Å². The summed E-state index contributed by atoms with van der Waals surface area (Å²) in [6.07, 6.45) is 0.638. The predicted molar refractivity (Wildman–Crippen MR) is 171 cm³/mol. The number of carbonyl (C=O) groups is 5. The number of aromatic carboxylic acids is 1. The van der Waals surface area contributed by atoms with E-state index in [1.54, 1.807) is 13.8 Å². The molecule has 4 amide bonds. The first-order valence-electron chi connectivity index (χ1n) is 16.8. The van der Waals surface area contributed by atoms with E-state index in [1.165, 1.54) is 17.0 Å². The molecule has 2 aliphatic rings. The van der Waals surface area contributed by atoms with Gasteiger partial charge in [-0.2, -0.15) is 0 Å². The molecule has 1 aromatic rings. The van der Waals surface area contributed by atoms with Crippen LogP contribution in [-0.2, 0) is 25.5 Å². The molecular formula is C34H49F3N4O7. The number of ether oxygens (including phenoxy) is 1. The summed E-state index contributed by atoms with van der Waals surface area (Å²) in [4.78, 5) is 65.8. The van der Waals surface area contributed by atoms with Gasteiger partial charge in [0.05, 0.1) is 12.2 Å². The van der Waals surface area contributed by atoms with Crippen LogP contribution in [0.4, 0.5) is 18.0 Å². The summed E-state index contributed by atoms with van der Waals surface area (Å²) in [5, 5.41) is 16.6. The topological polar surface area (TPSA) is 154 Å². The molecule has 0 aromatic heterocycles. The Labute approximate surface area is 279 Å². The minimum atomic E-state index is -2.94. The number of rotatable bonds is 15. The monoisotopic (exact) mass is 682 g/mol. The SMILES string of the molecule is CC(C)COC(=O)N[C@H](C(=O)N1C[C@H](C2CCCCC2)C[C@H]1C(=O)N[C@@H](CC(F)F)C(=O)NCCc1ccc(C(=O)O)cc1F)C(C)C. The van der Waals surface area contributed by atoms with Crippen LogP contribution in [0.2, 0.25) is 0 Å². The van der Waals surface area contributed by atoms with Crippen molar-refractivity contribution >= 4 is 29.8 Å². The van der Waals surface area contributed by atoms with Gasteiger partial charge in [-0.05, 0) is 54.2 Å². The molecule has 48 heavy (non-hydrogen) atoms. The Bertz CT molecular complexity index is 1290. The number of hydrogen-bond acceptors (Lipinski definition) is 6. The number of carbonyl (C=O) groups excluding carboxylic acids is 4. The van der Waals surface area contributed by atoms with Gasteiger partial charge in [-0.1, -0.05) is 65.9 Å². The Morgan fingerprint density at radius 3 is 2.27 bits per heavy atom. The average molecular weight is 683 g/mol. The second-order valence-electron chi connectivity index (χ2n) is 13.6. The first kappa shape index (κ1) is 38.6. The number of nitrogens with zero attached hydrogens (tertiary/aromatic N) is 1. The van der Waals surface area contributed by atoms with E-state index < -0.39 is 66.6 Å². The summed E-state index contributed by atoms with van der Waals surface area (Å²) in [5.74, 6) is -4.25. The van der Waals surface area contributed by atoms with Crippen LogP contribution in [0.25, 0.3) is 0 Å². The Morgan fingerprint density at radius 2 is 1.69 bits per heavy atom. The van der Waals surface area contributed by atoms with Gasteiger partial charge in [-0.15, -0.1) is 0 Å². The van der Waals surface area contributed by atoms with E-state index in [0.29, 0.717) is 6.42 Å². The number of carboxylic acids is 1. The second kappa shape index (κ2) is 18.1. The lowest BCUT2D eigenvalue weighted by atomic mass is 9.79. The van der Waals surface area contributed by atoms with E-state index >= 15 is 0 Å². The molecule has 14 heteroatoms. The van der Waals surface area contributed by atoms with Crippen molar-refractivity contribution in [3.05, 3.63) is 35.1 Å². The normalized spacial score (nSPS) is 19.7. The van der Waals surface area contributed by atoms with Crippen LogP contribution >= 0.6 is 0 Å². The van der Waals surface area contributed by atoms with Crippen LogP contribution in [0, 0.1) is 29.5 Å². The Balaban J connectivity index is 1.75. The molecule has 0 unspecified atom stereocenters. The lowest BCUT2D eigenvalue weighted by Gasteiger charge is -2.31. The van der Waals surface area contributed by atoms with Gasteiger partial charge < -0.3 is 30.7 Å². The smallest absolute Gasteiger partial charge is 0.407 e. The molecule has 1 aliphatic carbocycles. The van der Waals surface area contributed by atoms with Crippen LogP contribution in [0.3, 0.4) is 0 Å². The molecule has 4 N–H and O–H groups in total. The van der Waals surface area contributed by atoms with Crippen molar-refractivity contribution in [1.29, 1.82) is 0 Å². The zero-order valence-corrected chi connectivity index (χ0v) is 28.1. The van der Waals surface area contributed by atoms with Gasteiger partial charge in [0.1, 0.15) is 23.9 Å². The van der Waals surface area contributed by atoms with Crippen LogP contribution < -0.4 is 16.0 Å². The van der Waals surface area contributed by atoms with E-state index in [0.717, 1.165) is 38.2 Å². The van der Waals surface area contributed by atoms with Crippen LogP contribution in [0.15, 0.2) is 18.2 Å². The number of benzene rings is 1. The first-order chi connectivity index (χ1) is 22.7. The summed E-state index contributed by atoms with van der Waals surface area (Å²) in [6, 6.07) is -0.355. The van der Waals surface area contributed by atoms with Crippen molar-refractivity contribution < 1.29 is 47.0 Å². The number of alkyl carbamates (subject to hydrolysis) is 1. The highest BCUT2D eigenvalue weighted by Crippen LogP contribution is 2.38. The lowest BCUT2D eigenvalue weighted by Crippen LogP contribution is -2.57. The molecule has 0 bridgehead atoms. The van der Waals surface area contributed by atoms with Gasteiger partial charge in [-0.3, -0.25) is 14.4 Å². The maximum absolute atomic E-state index is 14.3. The molecule has 2 fully saturated rings. The summed E-state index contributed by atoms with van der Waals surface area (Å²) < 4.78 is 46.8. The number of carboxylic acid groups (broad SMARTS) is 1. The third kappa shape index (κ3) is 11.1. The highest BCUT2D eigenvalue weighted by atomic mass is 19.3. The van der Waals surface area contributed by atoms with Crippen molar-refractivity contribution in [3.8, 4) is 0 Å². The maximum atomic E-state index is 14.3. The van der Waals surface area contributed by atoms with Crippen molar-refractivity contribution in [3.63, 3.8) is 0 Å². The fourth-order valence-corrected chi connectivity index (χ4v) is 6.42. The Hall–Kier alpha value is -3.84. The number of likely N-dealkylation sites (tertiary alicyclic amines) is 1. The third-order valence-corrected chi connectivity index (χ3v) is 9.03. The van der Waals surface area contributed by atoms with Crippen LogP contribution in [0.1, 0.15) is 88.6 Å². The number of hydrogen-bond donors (Lipinski definition) is 4. The van der Waals surface area contributed by atoms with E-state index in [1.807, 2.05) is 13.8 Å². The largest absolute Gasteiger partial charge is 0.478 e.